The monoisotopic (exact) mass is 289 g/mol. The highest BCUT2D eigenvalue weighted by Gasteiger charge is 2.38. The van der Waals surface area contributed by atoms with Gasteiger partial charge in [0.25, 0.3) is 0 Å². The Hall–Kier alpha value is -1.46. The largest absolute Gasteiger partial charge is 0.478 e. The Kier molecular flexibility index (Phi) is 4.11. The van der Waals surface area contributed by atoms with Crippen LogP contribution in [0, 0.1) is 5.92 Å². The highest BCUT2D eigenvalue weighted by Crippen LogP contribution is 2.39. The lowest BCUT2D eigenvalue weighted by molar-refractivity contribution is -0.138. The molecule has 20 heavy (non-hydrogen) atoms. The maximum atomic E-state index is 12.9. The fourth-order valence-electron chi connectivity index (χ4n) is 3.12. The molecule has 1 heterocycles. The zero-order valence-electron chi connectivity index (χ0n) is 11.3. The molecule has 0 saturated heterocycles. The maximum absolute atomic E-state index is 12.9. The first-order valence-corrected chi connectivity index (χ1v) is 6.86. The highest BCUT2D eigenvalue weighted by molar-refractivity contribution is 5.89. The smallest absolute Gasteiger partial charge is 0.418 e. The minimum Gasteiger partial charge on any atom is -0.478 e. The lowest BCUT2D eigenvalue weighted by Crippen LogP contribution is -2.22. The highest BCUT2D eigenvalue weighted by atomic mass is 19.4. The minimum absolute atomic E-state index is 0.0250. The predicted molar refractivity (Wildman–Crippen MR) is 67.7 cm³/mol. The van der Waals surface area contributed by atoms with Crippen molar-refractivity contribution in [1.29, 1.82) is 0 Å². The zero-order valence-corrected chi connectivity index (χ0v) is 11.3. The van der Waals surface area contributed by atoms with Crippen LogP contribution < -0.4 is 0 Å². The van der Waals surface area contributed by atoms with Crippen LogP contribution in [0.15, 0.2) is 12.4 Å². The molecule has 0 bridgehead atoms. The van der Waals surface area contributed by atoms with Crippen LogP contribution in [0.3, 0.4) is 0 Å². The summed E-state index contributed by atoms with van der Waals surface area (Å²) in [5.41, 5.74) is -1.71. The average Bonchev–Trinajstić information content (AvgIpc) is 2.83. The van der Waals surface area contributed by atoms with Gasteiger partial charge in [0.2, 0.25) is 0 Å². The van der Waals surface area contributed by atoms with Gasteiger partial charge in [0.05, 0.1) is 11.1 Å². The summed E-state index contributed by atoms with van der Waals surface area (Å²) < 4.78 is 40.1. The summed E-state index contributed by atoms with van der Waals surface area (Å²) in [6.07, 6.45) is 2.23. The van der Waals surface area contributed by atoms with Crippen molar-refractivity contribution in [3.63, 3.8) is 0 Å². The molecule has 1 aliphatic carbocycles. The lowest BCUT2D eigenvalue weighted by Gasteiger charge is -2.32. The Bertz CT molecular complexity index is 493. The van der Waals surface area contributed by atoms with Gasteiger partial charge in [0.1, 0.15) is 0 Å². The number of rotatable bonds is 3. The molecule has 1 saturated carbocycles. The van der Waals surface area contributed by atoms with Gasteiger partial charge in [0, 0.05) is 18.4 Å². The number of carboxylic acids is 1. The Balaban J connectivity index is 2.40. The molecule has 2 atom stereocenters. The summed E-state index contributed by atoms with van der Waals surface area (Å²) in [4.78, 5) is 11.0. The molecule has 1 fully saturated rings. The molecule has 2 rings (SSSR count). The number of halogens is 3. The zero-order chi connectivity index (χ0) is 14.9. The quantitative estimate of drug-likeness (QED) is 0.899. The molecule has 1 N–H and O–H groups in total. The van der Waals surface area contributed by atoms with Crippen LogP contribution >= 0.6 is 0 Å². The molecule has 0 amide bonds. The van der Waals surface area contributed by atoms with Gasteiger partial charge in [-0.2, -0.15) is 13.2 Å². The predicted octanol–water partition coefficient (Wildman–Crippen LogP) is 4.35. The van der Waals surface area contributed by atoms with Crippen molar-refractivity contribution < 1.29 is 23.1 Å². The van der Waals surface area contributed by atoms with Gasteiger partial charge in [-0.25, -0.2) is 4.79 Å². The van der Waals surface area contributed by atoms with Gasteiger partial charge in [-0.1, -0.05) is 26.2 Å². The number of aromatic nitrogens is 1. The Labute approximate surface area is 115 Å². The van der Waals surface area contributed by atoms with Gasteiger partial charge in [-0.3, -0.25) is 0 Å². The van der Waals surface area contributed by atoms with Crippen LogP contribution in [0.2, 0.25) is 0 Å². The van der Waals surface area contributed by atoms with E-state index in [2.05, 4.69) is 0 Å². The van der Waals surface area contributed by atoms with E-state index in [0.29, 0.717) is 5.92 Å². The maximum Gasteiger partial charge on any atom is 0.418 e. The number of hydrogen-bond acceptors (Lipinski definition) is 1. The summed E-state index contributed by atoms with van der Waals surface area (Å²) in [6.45, 7) is 2.02. The fourth-order valence-corrected chi connectivity index (χ4v) is 3.12. The van der Waals surface area contributed by atoms with Crippen LogP contribution in [0.4, 0.5) is 13.2 Å². The molecule has 1 aliphatic rings. The van der Waals surface area contributed by atoms with E-state index in [1.807, 2.05) is 6.92 Å². The number of aromatic carboxylic acids is 1. The number of nitrogens with zero attached hydrogens (tertiary/aromatic N) is 1. The SMILES string of the molecule is CCC1CCCCC1n1cc(C(=O)O)c(C(F)(F)F)c1. The molecule has 3 nitrogen and oxygen atoms in total. The van der Waals surface area contributed by atoms with Crippen LogP contribution in [-0.2, 0) is 6.18 Å². The van der Waals surface area contributed by atoms with Crippen LogP contribution in [0.5, 0.6) is 0 Å². The Morgan fingerprint density at radius 1 is 1.35 bits per heavy atom. The third kappa shape index (κ3) is 2.83. The number of carbonyl (C=O) groups is 1. The van der Waals surface area contributed by atoms with Gasteiger partial charge in [-0.05, 0) is 18.8 Å². The normalized spacial score (nSPS) is 23.8. The second-order valence-electron chi connectivity index (χ2n) is 5.36. The number of hydrogen-bond donors (Lipinski definition) is 1. The summed E-state index contributed by atoms with van der Waals surface area (Å²) in [5.74, 6) is -1.21. The molecule has 0 radical (unpaired) electrons. The standard InChI is InChI=1S/C14H18F3NO2/c1-2-9-5-3-4-6-12(9)18-7-10(13(19)20)11(8-18)14(15,16)17/h7-9,12H,2-6H2,1H3,(H,19,20). The molecule has 112 valence electrons. The molecule has 1 aromatic heterocycles. The van der Waals surface area contributed by atoms with Crippen molar-refractivity contribution in [1.82, 2.24) is 4.57 Å². The molecular formula is C14H18F3NO2. The van der Waals surface area contributed by atoms with E-state index in [4.69, 9.17) is 5.11 Å². The third-order valence-corrected chi connectivity index (χ3v) is 4.16. The van der Waals surface area contributed by atoms with Gasteiger partial charge in [0.15, 0.2) is 0 Å². The summed E-state index contributed by atoms with van der Waals surface area (Å²) in [5, 5.41) is 8.95. The van der Waals surface area contributed by atoms with Crippen molar-refractivity contribution in [2.75, 3.05) is 0 Å². The topological polar surface area (TPSA) is 42.2 Å². The molecule has 0 spiro atoms. The van der Waals surface area contributed by atoms with E-state index in [0.717, 1.165) is 44.5 Å². The number of carboxylic acid groups (broad SMARTS) is 1. The second-order valence-corrected chi connectivity index (χ2v) is 5.36. The van der Waals surface area contributed by atoms with Gasteiger partial charge >= 0.3 is 12.1 Å². The van der Waals surface area contributed by atoms with E-state index >= 15 is 0 Å². The summed E-state index contributed by atoms with van der Waals surface area (Å²) >= 11 is 0. The van der Waals surface area contributed by atoms with E-state index in [1.165, 1.54) is 4.57 Å². The average molecular weight is 289 g/mol. The van der Waals surface area contributed by atoms with Crippen molar-refractivity contribution in [2.24, 2.45) is 5.92 Å². The van der Waals surface area contributed by atoms with E-state index in [1.54, 1.807) is 0 Å². The van der Waals surface area contributed by atoms with Crippen LogP contribution in [-0.4, -0.2) is 15.6 Å². The fraction of sp³-hybridized carbons (Fsp3) is 0.643. The third-order valence-electron chi connectivity index (χ3n) is 4.16. The molecule has 0 aliphatic heterocycles. The molecule has 1 aromatic rings. The van der Waals surface area contributed by atoms with E-state index in [9.17, 15) is 18.0 Å². The van der Waals surface area contributed by atoms with Crippen LogP contribution in [0.1, 0.15) is 61.0 Å². The molecule has 6 heteroatoms. The van der Waals surface area contributed by atoms with Crippen molar-refractivity contribution in [3.8, 4) is 0 Å². The Morgan fingerprint density at radius 3 is 2.50 bits per heavy atom. The first kappa shape index (κ1) is 14.9. The van der Waals surface area contributed by atoms with Crippen LogP contribution in [0.25, 0.3) is 0 Å². The first-order valence-electron chi connectivity index (χ1n) is 6.86. The van der Waals surface area contributed by atoms with Gasteiger partial charge in [-0.15, -0.1) is 0 Å². The lowest BCUT2D eigenvalue weighted by atomic mass is 9.83. The second kappa shape index (κ2) is 5.50. The minimum atomic E-state index is -4.63. The van der Waals surface area contributed by atoms with E-state index < -0.39 is 23.3 Å². The van der Waals surface area contributed by atoms with Crippen molar-refractivity contribution in [3.05, 3.63) is 23.5 Å². The van der Waals surface area contributed by atoms with Crippen molar-refractivity contribution in [2.45, 2.75) is 51.2 Å². The van der Waals surface area contributed by atoms with E-state index in [-0.39, 0.29) is 6.04 Å². The Morgan fingerprint density at radius 2 is 2.00 bits per heavy atom. The molecule has 0 aromatic carbocycles. The van der Waals surface area contributed by atoms with Gasteiger partial charge < -0.3 is 9.67 Å². The summed E-state index contributed by atoms with van der Waals surface area (Å²) in [7, 11) is 0. The number of alkyl halides is 3. The summed E-state index contributed by atoms with van der Waals surface area (Å²) in [6, 6.07) is -0.0250. The molecular weight excluding hydrogens is 271 g/mol. The molecule has 2 unspecified atom stereocenters. The first-order chi connectivity index (χ1) is 9.34. The van der Waals surface area contributed by atoms with Crippen molar-refractivity contribution >= 4 is 5.97 Å².